The van der Waals surface area contributed by atoms with Crippen LogP contribution in [0.4, 0.5) is 5.69 Å². The smallest absolute Gasteiger partial charge is 0.238 e. The number of benzene rings is 1. The third kappa shape index (κ3) is 4.91. The van der Waals surface area contributed by atoms with E-state index >= 15 is 0 Å². The van der Waals surface area contributed by atoms with Crippen LogP contribution in [0.15, 0.2) is 18.2 Å². The standard InChI is InChI=1S/C15H23N3O3/c1-11(10-18(2)3)16-9-15(19)17-12-4-5-13-14(8-12)21-7-6-20-13/h4-5,8,11,16H,6-7,9-10H2,1-3H3,(H,17,19). The second-order valence-corrected chi connectivity index (χ2v) is 5.45. The number of nitrogens with zero attached hydrogens (tertiary/aromatic N) is 1. The highest BCUT2D eigenvalue weighted by atomic mass is 16.6. The Bertz CT molecular complexity index is 491. The molecule has 0 saturated heterocycles. The summed E-state index contributed by atoms with van der Waals surface area (Å²) in [6.45, 7) is 4.32. The second-order valence-electron chi connectivity index (χ2n) is 5.45. The number of rotatable bonds is 6. The van der Waals surface area contributed by atoms with Gasteiger partial charge in [-0.2, -0.15) is 0 Å². The molecular weight excluding hydrogens is 270 g/mol. The summed E-state index contributed by atoms with van der Waals surface area (Å²) in [7, 11) is 4.01. The quantitative estimate of drug-likeness (QED) is 0.817. The maximum Gasteiger partial charge on any atom is 0.238 e. The van der Waals surface area contributed by atoms with Crippen LogP contribution in [0.1, 0.15) is 6.92 Å². The van der Waals surface area contributed by atoms with Crippen molar-refractivity contribution < 1.29 is 14.3 Å². The zero-order valence-corrected chi connectivity index (χ0v) is 12.8. The largest absolute Gasteiger partial charge is 0.486 e. The number of carbonyl (C=O) groups excluding carboxylic acids is 1. The van der Waals surface area contributed by atoms with Crippen molar-refractivity contribution in [2.24, 2.45) is 0 Å². The summed E-state index contributed by atoms with van der Waals surface area (Å²) >= 11 is 0. The van der Waals surface area contributed by atoms with Gasteiger partial charge in [-0.3, -0.25) is 4.79 Å². The summed E-state index contributed by atoms with van der Waals surface area (Å²) in [6, 6.07) is 5.67. The first-order valence-corrected chi connectivity index (χ1v) is 7.12. The Balaban J connectivity index is 1.82. The van der Waals surface area contributed by atoms with Gasteiger partial charge in [0, 0.05) is 24.3 Å². The van der Waals surface area contributed by atoms with Gasteiger partial charge >= 0.3 is 0 Å². The minimum absolute atomic E-state index is 0.0720. The fraction of sp³-hybridized carbons (Fsp3) is 0.533. The number of hydrogen-bond acceptors (Lipinski definition) is 5. The summed E-state index contributed by atoms with van der Waals surface area (Å²) in [6.07, 6.45) is 0. The lowest BCUT2D eigenvalue weighted by atomic mass is 10.2. The van der Waals surface area contributed by atoms with Crippen LogP contribution in [0.25, 0.3) is 0 Å². The molecule has 1 heterocycles. The maximum absolute atomic E-state index is 11.9. The molecule has 6 heteroatoms. The third-order valence-corrected chi connectivity index (χ3v) is 3.08. The average molecular weight is 293 g/mol. The lowest BCUT2D eigenvalue weighted by Crippen LogP contribution is -2.40. The van der Waals surface area contributed by atoms with E-state index in [0.29, 0.717) is 24.7 Å². The molecule has 2 rings (SSSR count). The molecule has 1 aromatic carbocycles. The van der Waals surface area contributed by atoms with Crippen molar-refractivity contribution >= 4 is 11.6 Å². The fourth-order valence-corrected chi connectivity index (χ4v) is 2.21. The van der Waals surface area contributed by atoms with Crippen LogP contribution in [0, 0.1) is 0 Å². The molecule has 0 fully saturated rings. The molecule has 2 N–H and O–H groups in total. The maximum atomic E-state index is 11.9. The monoisotopic (exact) mass is 293 g/mol. The van der Waals surface area contributed by atoms with E-state index in [2.05, 4.69) is 22.5 Å². The number of likely N-dealkylation sites (N-methyl/N-ethyl adjacent to an activating group) is 1. The van der Waals surface area contributed by atoms with Crippen molar-refractivity contribution in [1.82, 2.24) is 10.2 Å². The molecule has 0 radical (unpaired) electrons. The first-order valence-electron chi connectivity index (χ1n) is 7.12. The Morgan fingerprint density at radius 1 is 1.29 bits per heavy atom. The van der Waals surface area contributed by atoms with Crippen LogP contribution in [-0.4, -0.2) is 57.2 Å². The highest BCUT2D eigenvalue weighted by Crippen LogP contribution is 2.32. The molecule has 1 unspecified atom stereocenters. The van der Waals surface area contributed by atoms with Crippen LogP contribution in [0.3, 0.4) is 0 Å². The highest BCUT2D eigenvalue weighted by molar-refractivity contribution is 5.92. The molecule has 0 spiro atoms. The zero-order chi connectivity index (χ0) is 15.2. The number of anilines is 1. The number of ether oxygens (including phenoxy) is 2. The SMILES string of the molecule is CC(CN(C)C)NCC(=O)Nc1ccc2c(c1)OCCO2. The number of hydrogen-bond donors (Lipinski definition) is 2. The van der Waals surface area contributed by atoms with Gasteiger partial charge in [-0.25, -0.2) is 0 Å². The Labute approximate surface area is 125 Å². The van der Waals surface area contributed by atoms with Gasteiger partial charge in [0.2, 0.25) is 5.91 Å². The van der Waals surface area contributed by atoms with E-state index in [9.17, 15) is 4.79 Å². The molecule has 0 aliphatic carbocycles. The molecular formula is C15H23N3O3. The summed E-state index contributed by atoms with van der Waals surface area (Å²) in [5.74, 6) is 1.32. The van der Waals surface area contributed by atoms with Crippen LogP contribution in [-0.2, 0) is 4.79 Å². The van der Waals surface area contributed by atoms with Crippen molar-refractivity contribution in [1.29, 1.82) is 0 Å². The van der Waals surface area contributed by atoms with Crippen molar-refractivity contribution in [3.63, 3.8) is 0 Å². The predicted molar refractivity (Wildman–Crippen MR) is 82.1 cm³/mol. The van der Waals surface area contributed by atoms with E-state index in [0.717, 1.165) is 12.3 Å². The van der Waals surface area contributed by atoms with E-state index < -0.39 is 0 Å². The normalized spacial score (nSPS) is 14.9. The van der Waals surface area contributed by atoms with Gasteiger partial charge in [-0.05, 0) is 33.2 Å². The van der Waals surface area contributed by atoms with Gasteiger partial charge in [-0.1, -0.05) is 0 Å². The van der Waals surface area contributed by atoms with Gasteiger partial charge in [-0.15, -0.1) is 0 Å². The molecule has 1 amide bonds. The average Bonchev–Trinajstić information content (AvgIpc) is 2.44. The molecule has 21 heavy (non-hydrogen) atoms. The Morgan fingerprint density at radius 3 is 2.71 bits per heavy atom. The molecule has 1 aromatic rings. The van der Waals surface area contributed by atoms with E-state index in [-0.39, 0.29) is 18.5 Å². The molecule has 0 bridgehead atoms. The molecule has 116 valence electrons. The molecule has 0 saturated carbocycles. The summed E-state index contributed by atoms with van der Waals surface area (Å²) in [4.78, 5) is 14.0. The Kier molecular flexibility index (Phi) is 5.41. The van der Waals surface area contributed by atoms with E-state index in [1.807, 2.05) is 26.2 Å². The van der Waals surface area contributed by atoms with Crippen LogP contribution in [0.5, 0.6) is 11.5 Å². The predicted octanol–water partition coefficient (Wildman–Crippen LogP) is 0.936. The third-order valence-electron chi connectivity index (χ3n) is 3.08. The molecule has 1 aliphatic heterocycles. The fourth-order valence-electron chi connectivity index (χ4n) is 2.21. The lowest BCUT2D eigenvalue weighted by molar-refractivity contribution is -0.115. The molecule has 6 nitrogen and oxygen atoms in total. The van der Waals surface area contributed by atoms with E-state index in [1.54, 1.807) is 6.07 Å². The second kappa shape index (κ2) is 7.28. The molecule has 1 aliphatic rings. The highest BCUT2D eigenvalue weighted by Gasteiger charge is 2.13. The zero-order valence-electron chi connectivity index (χ0n) is 12.8. The first-order chi connectivity index (χ1) is 10.0. The first kappa shape index (κ1) is 15.6. The summed E-state index contributed by atoms with van der Waals surface area (Å²) < 4.78 is 10.9. The van der Waals surface area contributed by atoms with Crippen LogP contribution >= 0.6 is 0 Å². The van der Waals surface area contributed by atoms with Crippen molar-refractivity contribution in [3.8, 4) is 11.5 Å². The number of carbonyl (C=O) groups is 1. The minimum Gasteiger partial charge on any atom is -0.486 e. The van der Waals surface area contributed by atoms with Gasteiger partial charge in [0.15, 0.2) is 11.5 Å². The summed E-state index contributed by atoms with van der Waals surface area (Å²) in [5, 5.41) is 6.04. The van der Waals surface area contributed by atoms with Gasteiger partial charge in [0.25, 0.3) is 0 Å². The van der Waals surface area contributed by atoms with Crippen LogP contribution in [0.2, 0.25) is 0 Å². The number of amides is 1. The van der Waals surface area contributed by atoms with E-state index in [4.69, 9.17) is 9.47 Å². The molecule has 1 atom stereocenters. The Morgan fingerprint density at radius 2 is 2.00 bits per heavy atom. The van der Waals surface area contributed by atoms with Crippen molar-refractivity contribution in [3.05, 3.63) is 18.2 Å². The number of nitrogens with one attached hydrogen (secondary N) is 2. The number of fused-ring (bicyclic) bond motifs is 1. The lowest BCUT2D eigenvalue weighted by Gasteiger charge is -2.19. The van der Waals surface area contributed by atoms with Crippen molar-refractivity contribution in [2.45, 2.75) is 13.0 Å². The minimum atomic E-state index is -0.0720. The van der Waals surface area contributed by atoms with Gasteiger partial charge in [0.05, 0.1) is 6.54 Å². The van der Waals surface area contributed by atoms with Crippen molar-refractivity contribution in [2.75, 3.05) is 45.7 Å². The van der Waals surface area contributed by atoms with Crippen LogP contribution < -0.4 is 20.1 Å². The Hall–Kier alpha value is -1.79. The topological polar surface area (TPSA) is 62.8 Å². The molecule has 0 aromatic heterocycles. The van der Waals surface area contributed by atoms with Gasteiger partial charge in [0.1, 0.15) is 13.2 Å². The van der Waals surface area contributed by atoms with Gasteiger partial charge < -0.3 is 25.0 Å². The van der Waals surface area contributed by atoms with E-state index in [1.165, 1.54) is 0 Å². The summed E-state index contributed by atoms with van der Waals surface area (Å²) in [5.41, 5.74) is 0.714.